The van der Waals surface area contributed by atoms with E-state index in [-0.39, 0.29) is 99.3 Å². The molecule has 8 aliphatic rings. The van der Waals surface area contributed by atoms with Crippen LogP contribution < -0.4 is 45.9 Å². The predicted octanol–water partition coefficient (Wildman–Crippen LogP) is -15.3. The Labute approximate surface area is 603 Å². The molecule has 0 radical (unpaired) electrons. The van der Waals surface area contributed by atoms with Gasteiger partial charge in [-0.15, -0.1) is 99.3 Å². The van der Waals surface area contributed by atoms with E-state index in [9.17, 15) is 91.9 Å². The van der Waals surface area contributed by atoms with Gasteiger partial charge in [0.2, 0.25) is 0 Å². The van der Waals surface area contributed by atoms with Gasteiger partial charge in [-0.1, -0.05) is 0 Å². The third-order valence-electron chi connectivity index (χ3n) is 17.3. The number of nitrogens with two attached hydrogens (primary N) is 8. The van der Waals surface area contributed by atoms with Crippen molar-refractivity contribution in [1.29, 1.82) is 0 Å². The van der Waals surface area contributed by atoms with Gasteiger partial charge in [0.25, 0.3) is 0 Å². The maximum Gasteiger partial charge on any atom is 0.176 e. The maximum atomic E-state index is 11.6. The Bertz CT molecular complexity index is 2190. The molecule has 40 atom stereocenters. The second kappa shape index (κ2) is 42.9. The molecule has 8 aliphatic heterocycles. The van der Waals surface area contributed by atoms with E-state index in [0.29, 0.717) is 0 Å². The molecule has 97 heavy (non-hydrogen) atoms. The standard InChI is InChI=1S/C48H90N8O33.8ClH/c49-17-27(67)34(10(2-58)75-41(17)74)83-43-19(51)29(69)36(12(4-60)77-43)85-45-21(53)31(71)38(14(6-62)79-45)87-47-23(55)33(73)40(16(8-64)81-47)89-48-24(56)32(72)39(15(7-63)82-48)88-46-22(54)30(70)37(13(5-61)80-46)86-44-20(52)28(68)35(11(3-59)78-44)84-42-18(50)26(66)25(65)9(1-57)76-42;;;;;;;;/h9-48,57-74H,1-8,49-56H2;8*1H. The lowest BCUT2D eigenvalue weighted by atomic mass is 9.93. The van der Waals surface area contributed by atoms with Crippen LogP contribution in [0.3, 0.4) is 0 Å². The Morgan fingerprint density at radius 3 is 0.515 bits per heavy atom. The predicted molar refractivity (Wildman–Crippen MR) is 338 cm³/mol. The maximum absolute atomic E-state index is 11.6. The number of hydrogen-bond acceptors (Lipinski definition) is 41. The van der Waals surface area contributed by atoms with E-state index in [1.807, 2.05) is 0 Å². The number of aliphatic hydroxyl groups is 18. The molecule has 584 valence electrons. The molecule has 8 fully saturated rings. The molecule has 40 unspecified atom stereocenters. The van der Waals surface area contributed by atoms with E-state index < -0.39 is 298 Å². The monoisotopic (exact) mass is 1590 g/mol. The van der Waals surface area contributed by atoms with Crippen LogP contribution in [0.4, 0.5) is 0 Å². The zero-order chi connectivity index (χ0) is 65.4. The Kier molecular flexibility index (Phi) is 43.2. The lowest BCUT2D eigenvalue weighted by Gasteiger charge is -2.51. The Balaban J connectivity index is 0.0000115. The average Bonchev–Trinajstić information content (AvgIpc) is 0.782. The summed E-state index contributed by atoms with van der Waals surface area (Å²) >= 11 is 0. The fourth-order valence-corrected chi connectivity index (χ4v) is 11.8. The van der Waals surface area contributed by atoms with Crippen molar-refractivity contribution in [2.75, 3.05) is 52.9 Å². The largest absolute Gasteiger partial charge is 0.394 e. The van der Waals surface area contributed by atoms with Crippen LogP contribution in [0.2, 0.25) is 0 Å². The van der Waals surface area contributed by atoms with E-state index in [1.165, 1.54) is 0 Å². The number of ether oxygens (including phenoxy) is 15. The first-order chi connectivity index (χ1) is 42.2. The first-order valence-corrected chi connectivity index (χ1v) is 28.8. The molecule has 0 aliphatic carbocycles. The van der Waals surface area contributed by atoms with Gasteiger partial charge in [-0.3, -0.25) is 0 Å². The van der Waals surface area contributed by atoms with Crippen molar-refractivity contribution in [3.8, 4) is 0 Å². The fourth-order valence-electron chi connectivity index (χ4n) is 11.8. The van der Waals surface area contributed by atoms with E-state index >= 15 is 0 Å². The average molecular weight is 1600 g/mol. The quantitative estimate of drug-likeness (QED) is 0.0479. The lowest BCUT2D eigenvalue weighted by Crippen LogP contribution is -2.71. The van der Waals surface area contributed by atoms with E-state index in [2.05, 4.69) is 0 Å². The summed E-state index contributed by atoms with van der Waals surface area (Å²) in [6.45, 7) is -6.90. The molecule has 0 aromatic heterocycles. The highest BCUT2D eigenvalue weighted by Crippen LogP contribution is 2.37. The van der Waals surface area contributed by atoms with Gasteiger partial charge in [0.1, 0.15) is 146 Å². The second-order valence-corrected chi connectivity index (χ2v) is 23.1. The van der Waals surface area contributed by atoms with Gasteiger partial charge in [-0.2, -0.15) is 0 Å². The number of hydrogen-bond donors (Lipinski definition) is 26. The molecular formula is C48H98Cl8N8O33. The van der Waals surface area contributed by atoms with Crippen molar-refractivity contribution < 1.29 is 163 Å². The van der Waals surface area contributed by atoms with Gasteiger partial charge in [0.05, 0.1) is 101 Å². The SMILES string of the molecule is Cl.Cl.Cl.Cl.Cl.Cl.Cl.Cl.NC1C(OC2C(CO)OC(OC3C(CO)OC(OC4C(CO)OC(OC5C(CO)OC(OC6C(CO)OC(OC7C(CO)OC(OC8C(CO)OC(O)C(N)C8O)C(N)C7O)C(N)C6O)C(N)C5O)C(N)C4O)C(N)C3O)C(N)C2O)OC(CO)C(O)C1O. The topological polar surface area (TPSA) is 711 Å². The first kappa shape index (κ1) is 97.7. The molecule has 0 aromatic carbocycles. The summed E-state index contributed by atoms with van der Waals surface area (Å²) in [5, 5.41) is 192. The van der Waals surface area contributed by atoms with Gasteiger partial charge < -0.3 is 209 Å². The molecule has 0 bridgehead atoms. The van der Waals surface area contributed by atoms with Crippen molar-refractivity contribution in [1.82, 2.24) is 0 Å². The van der Waals surface area contributed by atoms with Crippen LogP contribution in [0, 0.1) is 0 Å². The highest BCUT2D eigenvalue weighted by molar-refractivity contribution is 5.86. The number of halogens is 8. The van der Waals surface area contributed by atoms with Gasteiger partial charge in [0.15, 0.2) is 50.3 Å². The van der Waals surface area contributed by atoms with Crippen LogP contribution in [0.5, 0.6) is 0 Å². The molecule has 0 spiro atoms. The minimum atomic E-state index is -1.87. The van der Waals surface area contributed by atoms with E-state index in [4.69, 9.17) is 117 Å². The van der Waals surface area contributed by atoms with Gasteiger partial charge in [-0.25, -0.2) is 0 Å². The lowest BCUT2D eigenvalue weighted by molar-refractivity contribution is -0.370. The van der Waals surface area contributed by atoms with Crippen LogP contribution in [0.25, 0.3) is 0 Å². The molecular weight excluding hydrogens is 1500 g/mol. The van der Waals surface area contributed by atoms with Crippen molar-refractivity contribution in [3.63, 3.8) is 0 Å². The molecule has 8 heterocycles. The van der Waals surface area contributed by atoms with Crippen LogP contribution in [-0.2, 0) is 71.1 Å². The molecule has 8 rings (SSSR count). The van der Waals surface area contributed by atoms with Crippen molar-refractivity contribution in [2.24, 2.45) is 45.9 Å². The zero-order valence-electron chi connectivity index (χ0n) is 50.8. The summed E-state index contributed by atoms with van der Waals surface area (Å²) < 4.78 is 87.2. The molecule has 8 saturated heterocycles. The van der Waals surface area contributed by atoms with Gasteiger partial charge in [-0.05, 0) is 0 Å². The van der Waals surface area contributed by atoms with Crippen LogP contribution in [0.1, 0.15) is 0 Å². The van der Waals surface area contributed by atoms with Crippen LogP contribution >= 0.6 is 99.3 Å². The first-order valence-electron chi connectivity index (χ1n) is 28.8. The molecule has 0 saturated carbocycles. The fraction of sp³-hybridized carbons (Fsp3) is 1.00. The Morgan fingerprint density at radius 2 is 0.340 bits per heavy atom. The minimum Gasteiger partial charge on any atom is -0.394 e. The third kappa shape index (κ3) is 20.7. The van der Waals surface area contributed by atoms with Crippen molar-refractivity contribution in [3.05, 3.63) is 0 Å². The Morgan fingerprint density at radius 1 is 0.196 bits per heavy atom. The van der Waals surface area contributed by atoms with Gasteiger partial charge >= 0.3 is 0 Å². The molecule has 0 aromatic rings. The van der Waals surface area contributed by atoms with Crippen molar-refractivity contribution in [2.45, 2.75) is 245 Å². The number of rotatable bonds is 22. The number of aliphatic hydroxyl groups excluding tert-OH is 18. The molecule has 41 nitrogen and oxygen atoms in total. The summed E-state index contributed by atoms with van der Waals surface area (Å²) in [7, 11) is 0. The third-order valence-corrected chi connectivity index (χ3v) is 17.3. The second-order valence-electron chi connectivity index (χ2n) is 23.1. The highest BCUT2D eigenvalue weighted by Gasteiger charge is 2.58. The molecule has 34 N–H and O–H groups in total. The normalized spacial score (nSPS) is 49.2. The Hall–Kier alpha value is 0.680. The molecule has 0 amide bonds. The summed E-state index contributed by atoms with van der Waals surface area (Å²) in [5.41, 5.74) is 49.9. The van der Waals surface area contributed by atoms with Crippen LogP contribution in [-0.4, -0.2) is 390 Å². The minimum absolute atomic E-state index is 0. The van der Waals surface area contributed by atoms with Crippen LogP contribution in [0.15, 0.2) is 0 Å². The highest BCUT2D eigenvalue weighted by atomic mass is 35.5. The van der Waals surface area contributed by atoms with E-state index in [0.717, 1.165) is 0 Å². The summed E-state index contributed by atoms with van der Waals surface area (Å²) in [6, 6.07) is -12.3. The zero-order valence-corrected chi connectivity index (χ0v) is 57.3. The summed E-state index contributed by atoms with van der Waals surface area (Å²) in [4.78, 5) is 0. The van der Waals surface area contributed by atoms with Crippen molar-refractivity contribution >= 4 is 99.3 Å². The molecule has 49 heteroatoms. The smallest absolute Gasteiger partial charge is 0.176 e. The summed E-state index contributed by atoms with van der Waals surface area (Å²) in [6.07, 6.45) is -52.2. The summed E-state index contributed by atoms with van der Waals surface area (Å²) in [5.74, 6) is 0. The van der Waals surface area contributed by atoms with E-state index in [1.54, 1.807) is 0 Å². The van der Waals surface area contributed by atoms with Gasteiger partial charge in [0, 0.05) is 0 Å².